The van der Waals surface area contributed by atoms with E-state index in [4.69, 9.17) is 4.74 Å². The molecule has 1 heterocycles. The molecule has 0 unspecified atom stereocenters. The minimum atomic E-state index is -3.19. The number of sulfone groups is 1. The summed E-state index contributed by atoms with van der Waals surface area (Å²) in [4.78, 5) is 2.85. The zero-order valence-corrected chi connectivity index (χ0v) is 22.9. The van der Waals surface area contributed by atoms with Crippen molar-refractivity contribution >= 4 is 9.84 Å². The van der Waals surface area contributed by atoms with Crippen molar-refractivity contribution in [2.24, 2.45) is 0 Å². The molecule has 0 amide bonds. The zero-order valence-electron chi connectivity index (χ0n) is 17.9. The standard InChI is InChI=1S/C24H31NO3S.U/c1-5-21(6-2)25-15-13-19(14-16-25)23-17-20(9-12-24(23)28-3)18-7-10-22(11-8-18)29(4,26)27;/h7-12,17,19,21H,1-2,5-6,13-16H2,3-4H3;/q-2;+2. The Balaban J connectivity index is 0.00000320. The van der Waals surface area contributed by atoms with E-state index >= 15 is 0 Å². The van der Waals surface area contributed by atoms with Gasteiger partial charge in [0.25, 0.3) is 0 Å². The van der Waals surface area contributed by atoms with E-state index in [0.717, 1.165) is 55.6 Å². The van der Waals surface area contributed by atoms with Gasteiger partial charge >= 0.3 is 31.1 Å². The van der Waals surface area contributed by atoms with Crippen LogP contribution in [0.4, 0.5) is 0 Å². The second-order valence-corrected chi connectivity index (χ2v) is 9.81. The van der Waals surface area contributed by atoms with E-state index in [1.807, 2.05) is 24.3 Å². The maximum atomic E-state index is 11.7. The van der Waals surface area contributed by atoms with Gasteiger partial charge in [-0.3, -0.25) is 0 Å². The molecule has 0 aliphatic carbocycles. The number of benzene rings is 2. The second kappa shape index (κ2) is 11.2. The first-order valence-electron chi connectivity index (χ1n) is 10.2. The fourth-order valence-electron chi connectivity index (χ4n) is 4.21. The summed E-state index contributed by atoms with van der Waals surface area (Å²) >= 11 is 0. The molecule has 0 saturated carbocycles. The van der Waals surface area contributed by atoms with E-state index in [-0.39, 0.29) is 31.1 Å². The van der Waals surface area contributed by atoms with Gasteiger partial charge in [0.15, 0.2) is 9.84 Å². The molecule has 1 aliphatic heterocycles. The molecule has 4 nitrogen and oxygen atoms in total. The van der Waals surface area contributed by atoms with Gasteiger partial charge in [-0.2, -0.15) is 12.8 Å². The summed E-state index contributed by atoms with van der Waals surface area (Å²) in [6, 6.07) is 13.8. The van der Waals surface area contributed by atoms with Gasteiger partial charge in [-0.05, 0) is 78.8 Å². The van der Waals surface area contributed by atoms with Gasteiger partial charge in [0, 0.05) is 6.26 Å². The van der Waals surface area contributed by atoms with Gasteiger partial charge < -0.3 is 23.5 Å². The smallest absolute Gasteiger partial charge is 0.496 e. The average Bonchev–Trinajstić information content (AvgIpc) is 2.74. The first-order chi connectivity index (χ1) is 13.9. The van der Waals surface area contributed by atoms with Crippen molar-refractivity contribution in [1.29, 1.82) is 0 Å². The molecule has 160 valence electrons. The predicted octanol–water partition coefficient (Wildman–Crippen LogP) is 4.76. The molecule has 0 bridgehead atoms. The van der Waals surface area contributed by atoms with Crippen LogP contribution in [-0.4, -0.2) is 45.8 Å². The number of ether oxygens (including phenoxy) is 1. The Kier molecular flexibility index (Phi) is 9.49. The summed E-state index contributed by atoms with van der Waals surface area (Å²) in [5, 5.41) is 0. The molecule has 0 N–H and O–H groups in total. The summed E-state index contributed by atoms with van der Waals surface area (Å²) in [5.74, 6) is 1.37. The van der Waals surface area contributed by atoms with Crippen molar-refractivity contribution in [2.45, 2.75) is 42.5 Å². The predicted molar refractivity (Wildman–Crippen MR) is 119 cm³/mol. The van der Waals surface area contributed by atoms with Crippen LogP contribution in [0.25, 0.3) is 11.1 Å². The molecule has 2 aromatic rings. The average molecular weight is 652 g/mol. The van der Waals surface area contributed by atoms with Gasteiger partial charge in [-0.15, -0.1) is 0 Å². The topological polar surface area (TPSA) is 46.6 Å². The molecule has 0 radical (unpaired) electrons. The van der Waals surface area contributed by atoms with Crippen LogP contribution in [0.2, 0.25) is 0 Å². The Labute approximate surface area is 205 Å². The fraction of sp³-hybridized carbons (Fsp3) is 0.417. The maximum absolute atomic E-state index is 11.7. The molecule has 3 rings (SSSR count). The maximum Gasteiger partial charge on any atom is 2.00 e. The fourth-order valence-corrected chi connectivity index (χ4v) is 4.84. The summed E-state index contributed by atoms with van der Waals surface area (Å²) in [7, 11) is -1.47. The zero-order chi connectivity index (χ0) is 21.0. The van der Waals surface area contributed by atoms with Crippen molar-refractivity contribution in [2.75, 3.05) is 26.5 Å². The van der Waals surface area contributed by atoms with Crippen LogP contribution >= 0.6 is 0 Å². The van der Waals surface area contributed by atoms with Gasteiger partial charge in [0.05, 0.1) is 12.0 Å². The molecular formula is C24H31NO3SU. The van der Waals surface area contributed by atoms with Crippen molar-refractivity contribution in [3.63, 3.8) is 0 Å². The number of hydrogen-bond donors (Lipinski definition) is 0. The van der Waals surface area contributed by atoms with Crippen molar-refractivity contribution < 1.29 is 44.3 Å². The van der Waals surface area contributed by atoms with Crippen molar-refractivity contribution in [3.05, 3.63) is 61.9 Å². The number of hydrogen-bond acceptors (Lipinski definition) is 4. The van der Waals surface area contributed by atoms with Gasteiger partial charge in [-0.25, -0.2) is 8.42 Å². The Hall–Kier alpha value is -0.798. The number of rotatable bonds is 7. The monoisotopic (exact) mass is 651 g/mol. The Morgan fingerprint density at radius 2 is 1.60 bits per heavy atom. The van der Waals surface area contributed by atoms with Crippen LogP contribution in [0, 0.1) is 45.0 Å². The Morgan fingerprint density at radius 1 is 1.03 bits per heavy atom. The van der Waals surface area contributed by atoms with E-state index in [1.54, 1.807) is 19.2 Å². The van der Waals surface area contributed by atoms with Gasteiger partial charge in [-0.1, -0.05) is 18.2 Å². The van der Waals surface area contributed by atoms with Crippen LogP contribution in [0.3, 0.4) is 0 Å². The third-order valence-electron chi connectivity index (χ3n) is 6.00. The molecule has 2 aromatic carbocycles. The van der Waals surface area contributed by atoms with E-state index < -0.39 is 9.84 Å². The molecule has 30 heavy (non-hydrogen) atoms. The normalized spacial score (nSPS) is 15.8. The molecule has 6 heteroatoms. The van der Waals surface area contributed by atoms with Crippen LogP contribution in [0.1, 0.15) is 37.2 Å². The summed E-state index contributed by atoms with van der Waals surface area (Å²) in [6.07, 6.45) is 5.20. The molecule has 0 aromatic heterocycles. The second-order valence-electron chi connectivity index (χ2n) is 7.79. The first-order valence-corrected chi connectivity index (χ1v) is 12.1. The molecule has 1 fully saturated rings. The quantitative estimate of drug-likeness (QED) is 0.406. The third kappa shape index (κ3) is 5.91. The number of piperidine rings is 1. The SMILES string of the molecule is [CH2-]CC(C[CH2-])N1CCC(c2cc(-c3ccc(S(C)(=O)=O)cc3)ccc2OC)CC1.[U+2]. The minimum absolute atomic E-state index is 0. The summed E-state index contributed by atoms with van der Waals surface area (Å²) in [6.45, 7) is 10.2. The van der Waals surface area contributed by atoms with E-state index in [2.05, 4.69) is 24.8 Å². The molecule has 0 spiro atoms. The molecule has 1 saturated heterocycles. The number of methoxy groups -OCH3 is 1. The van der Waals surface area contributed by atoms with Gasteiger partial charge in [0.1, 0.15) is 5.75 Å². The van der Waals surface area contributed by atoms with Crippen LogP contribution in [0.5, 0.6) is 5.75 Å². The Bertz CT molecular complexity index is 916. The first kappa shape index (κ1) is 25.5. The molecule has 1 aliphatic rings. The van der Waals surface area contributed by atoms with E-state index in [1.165, 1.54) is 11.8 Å². The molecular weight excluding hydrogens is 620 g/mol. The van der Waals surface area contributed by atoms with E-state index in [9.17, 15) is 8.42 Å². The van der Waals surface area contributed by atoms with Gasteiger partial charge in [0.2, 0.25) is 0 Å². The van der Waals surface area contributed by atoms with E-state index in [0.29, 0.717) is 16.9 Å². The largest absolute Gasteiger partial charge is 2.00 e. The van der Waals surface area contributed by atoms with Crippen LogP contribution in [0.15, 0.2) is 47.4 Å². The summed E-state index contributed by atoms with van der Waals surface area (Å²) in [5.41, 5.74) is 3.32. The third-order valence-corrected chi connectivity index (χ3v) is 7.13. The summed E-state index contributed by atoms with van der Waals surface area (Å²) < 4.78 is 29.1. The van der Waals surface area contributed by atoms with Crippen LogP contribution < -0.4 is 4.74 Å². The van der Waals surface area contributed by atoms with Crippen molar-refractivity contribution in [3.8, 4) is 16.9 Å². The van der Waals surface area contributed by atoms with Crippen molar-refractivity contribution in [1.82, 2.24) is 4.90 Å². The Morgan fingerprint density at radius 3 is 2.10 bits per heavy atom. The molecule has 0 atom stereocenters. The number of likely N-dealkylation sites (tertiary alicyclic amines) is 1. The number of nitrogens with zero attached hydrogens (tertiary/aromatic N) is 1. The van der Waals surface area contributed by atoms with Crippen LogP contribution in [-0.2, 0) is 9.84 Å². The minimum Gasteiger partial charge on any atom is -0.496 e.